The Bertz CT molecular complexity index is 1870. The zero-order valence-corrected chi connectivity index (χ0v) is 25.6. The van der Waals surface area contributed by atoms with Crippen LogP contribution in [0.4, 0.5) is 19.0 Å². The lowest BCUT2D eigenvalue weighted by atomic mass is 9.75. The number of anilines is 1. The van der Waals surface area contributed by atoms with Crippen LogP contribution in [0.3, 0.4) is 0 Å². The Morgan fingerprint density at radius 2 is 1.87 bits per heavy atom. The summed E-state index contributed by atoms with van der Waals surface area (Å²) in [5.74, 6) is 4.31. The number of phenolic OH excluding ortho intramolecular Hbond substituents is 1. The van der Waals surface area contributed by atoms with Gasteiger partial charge < -0.3 is 19.9 Å². The molecule has 0 amide bonds. The predicted molar refractivity (Wildman–Crippen MR) is 171 cm³/mol. The molecule has 238 valence electrons. The molecule has 4 heterocycles. The average molecular weight is 630 g/mol. The number of halogens is 3. The zero-order valence-electron chi connectivity index (χ0n) is 25.6. The van der Waals surface area contributed by atoms with Crippen LogP contribution < -0.4 is 14.8 Å². The smallest absolute Gasteiger partial charge is 0.318 e. The maximum Gasteiger partial charge on any atom is 0.318 e. The van der Waals surface area contributed by atoms with Gasteiger partial charge in [0, 0.05) is 36.0 Å². The van der Waals surface area contributed by atoms with Crippen molar-refractivity contribution in [2.75, 3.05) is 39.2 Å². The number of rotatable bonds is 6. The lowest BCUT2D eigenvalue weighted by Gasteiger charge is -2.32. The first-order valence-electron chi connectivity index (χ1n) is 15.2. The van der Waals surface area contributed by atoms with Gasteiger partial charge in [0.1, 0.15) is 40.2 Å². The van der Waals surface area contributed by atoms with E-state index in [2.05, 4.69) is 37.0 Å². The summed E-state index contributed by atoms with van der Waals surface area (Å²) in [5.41, 5.74) is -0.348. The second-order valence-corrected chi connectivity index (χ2v) is 11.9. The molecular weight excluding hydrogens is 595 g/mol. The Morgan fingerprint density at radius 1 is 1.07 bits per heavy atom. The number of hydrogen-bond donors (Lipinski definition) is 2. The summed E-state index contributed by atoms with van der Waals surface area (Å²) in [5, 5.41) is 14.4. The van der Waals surface area contributed by atoms with E-state index in [0.717, 1.165) is 25.8 Å². The summed E-state index contributed by atoms with van der Waals surface area (Å²) in [6.07, 6.45) is 15.7. The van der Waals surface area contributed by atoms with E-state index < -0.39 is 17.8 Å². The topological polar surface area (TPSA) is 92.6 Å². The minimum Gasteiger partial charge on any atom is -0.508 e. The van der Waals surface area contributed by atoms with E-state index in [1.54, 1.807) is 0 Å². The Balaban J connectivity index is 0.000000352. The highest BCUT2D eigenvalue weighted by atomic mass is 19.1. The highest BCUT2D eigenvalue weighted by Gasteiger charge is 2.35. The molecule has 7 rings (SSSR count). The van der Waals surface area contributed by atoms with Gasteiger partial charge in [0.25, 0.3) is 0 Å². The maximum absolute atomic E-state index is 16.2. The number of alkyl halides is 1. The normalized spacial score (nSPS) is 21.9. The summed E-state index contributed by atoms with van der Waals surface area (Å²) in [6, 6.07) is 5.86. The van der Waals surface area contributed by atoms with Gasteiger partial charge in [-0.25, -0.2) is 18.2 Å². The molecule has 1 aliphatic carbocycles. The number of nitrogens with zero attached hydrogens (tertiary/aromatic N) is 4. The number of aromatic nitrogens is 3. The fourth-order valence-electron chi connectivity index (χ4n) is 6.72. The average Bonchev–Trinajstić information content (AvgIpc) is 3.61. The van der Waals surface area contributed by atoms with Gasteiger partial charge >= 0.3 is 6.01 Å². The van der Waals surface area contributed by atoms with Crippen LogP contribution in [0.15, 0.2) is 24.3 Å². The number of hydrogen-bond acceptors (Lipinski definition) is 8. The summed E-state index contributed by atoms with van der Waals surface area (Å²) in [6.45, 7) is 2.41. The lowest BCUT2D eigenvalue weighted by molar-refractivity contribution is 0.262. The van der Waals surface area contributed by atoms with E-state index in [-0.39, 0.29) is 62.5 Å². The van der Waals surface area contributed by atoms with Crippen molar-refractivity contribution < 1.29 is 27.8 Å². The number of phenols is 1. The molecule has 0 bridgehead atoms. The second-order valence-electron chi connectivity index (χ2n) is 11.9. The second kappa shape index (κ2) is 12.9. The highest BCUT2D eigenvalue weighted by molar-refractivity contribution is 6.04. The van der Waals surface area contributed by atoms with Gasteiger partial charge in [0.05, 0.1) is 19.8 Å². The third-order valence-electron chi connectivity index (χ3n) is 9.05. The highest BCUT2D eigenvalue weighted by Crippen LogP contribution is 2.41. The van der Waals surface area contributed by atoms with Crippen LogP contribution in [0.2, 0.25) is 0 Å². The molecule has 8 nitrogen and oxygen atoms in total. The molecule has 2 unspecified atom stereocenters. The van der Waals surface area contributed by atoms with E-state index >= 15 is 4.39 Å². The number of methoxy groups -OCH3 is 2. The molecule has 4 aromatic rings. The van der Waals surface area contributed by atoms with Crippen molar-refractivity contribution in [3.05, 3.63) is 41.5 Å². The van der Waals surface area contributed by atoms with Crippen LogP contribution in [0.1, 0.15) is 37.7 Å². The van der Waals surface area contributed by atoms with E-state index in [1.807, 2.05) is 0 Å². The van der Waals surface area contributed by atoms with Crippen molar-refractivity contribution in [3.8, 4) is 53.6 Å². The summed E-state index contributed by atoms with van der Waals surface area (Å²) in [7, 11) is 2.75. The van der Waals surface area contributed by atoms with Crippen LogP contribution in [-0.4, -0.2) is 71.0 Å². The van der Waals surface area contributed by atoms with Crippen LogP contribution in [0.25, 0.3) is 32.9 Å². The molecule has 2 N–H and O–H groups in total. The van der Waals surface area contributed by atoms with Gasteiger partial charge in [-0.3, -0.25) is 4.90 Å². The van der Waals surface area contributed by atoms with E-state index in [4.69, 9.17) is 22.3 Å². The molecule has 11 heteroatoms. The van der Waals surface area contributed by atoms with Crippen LogP contribution in [0.5, 0.6) is 17.6 Å². The molecule has 2 atom stereocenters. The molecule has 2 aromatic carbocycles. The fraction of sp³-hybridized carbons (Fsp3) is 0.400. The monoisotopic (exact) mass is 629 g/mol. The van der Waals surface area contributed by atoms with E-state index in [1.165, 1.54) is 51.3 Å². The largest absolute Gasteiger partial charge is 0.508 e. The maximum atomic E-state index is 16.2. The summed E-state index contributed by atoms with van der Waals surface area (Å²) < 4.78 is 54.1. The number of nitrogens with one attached hydrogen (secondary N) is 1. The molecule has 2 saturated heterocycles. The van der Waals surface area contributed by atoms with Gasteiger partial charge in [0.15, 0.2) is 5.82 Å². The number of fused-ring (bicyclic) bond motifs is 3. The van der Waals surface area contributed by atoms with Crippen molar-refractivity contribution in [1.82, 2.24) is 19.9 Å². The van der Waals surface area contributed by atoms with Gasteiger partial charge in [-0.15, -0.1) is 18.8 Å². The predicted octanol–water partition coefficient (Wildman–Crippen LogP) is 6.09. The molecule has 2 aliphatic heterocycles. The third-order valence-corrected chi connectivity index (χ3v) is 9.05. The molecule has 2 aromatic heterocycles. The number of pyridine rings is 1. The van der Waals surface area contributed by atoms with Crippen LogP contribution in [-0.2, 0) is 0 Å². The standard InChI is InChI=1S/C28H22F2N4O3.C7H12FN/c1-5-14-9-15(10-14)13-31-26-22-25(33-28(34-26)37-4)23(30)24(32-27(22)36-3)19-12-17(35)11-16-7-8-20(29)18(6-2)21(16)19;8-6-4-7-2-1-3-9(7)5-6/h1-2,7-8,11-12,14-15,35H,9-10,13H2,3-4H3,(H,31,33,34);6-7H,1-5H2. The summed E-state index contributed by atoms with van der Waals surface area (Å²) >= 11 is 0. The van der Waals surface area contributed by atoms with Gasteiger partial charge in [-0.1, -0.05) is 12.0 Å². The molecular formula is C35H34F3N5O3. The number of benzene rings is 2. The molecule has 3 fully saturated rings. The van der Waals surface area contributed by atoms with Crippen molar-refractivity contribution in [3.63, 3.8) is 0 Å². The Hall–Kier alpha value is -4.74. The van der Waals surface area contributed by atoms with Crippen molar-refractivity contribution in [1.29, 1.82) is 0 Å². The fourth-order valence-corrected chi connectivity index (χ4v) is 6.72. The van der Waals surface area contributed by atoms with Gasteiger partial charge in [-0.05, 0) is 68.2 Å². The third kappa shape index (κ3) is 5.83. The number of aromatic hydroxyl groups is 1. The van der Waals surface area contributed by atoms with E-state index in [9.17, 15) is 13.9 Å². The van der Waals surface area contributed by atoms with E-state index in [0.29, 0.717) is 30.4 Å². The van der Waals surface area contributed by atoms with Crippen molar-refractivity contribution in [2.24, 2.45) is 11.8 Å². The first-order chi connectivity index (χ1) is 22.2. The Morgan fingerprint density at radius 3 is 2.57 bits per heavy atom. The molecule has 0 spiro atoms. The SMILES string of the molecule is C#Cc1c(F)ccc2cc(O)cc(-c3nc(OC)c4c(NCC5CC(C#C)C5)nc(OC)nc4c3F)c12.FC1CC2CCCN2C1. The molecule has 46 heavy (non-hydrogen) atoms. The first kappa shape index (κ1) is 31.3. The van der Waals surface area contributed by atoms with Crippen molar-refractivity contribution in [2.45, 2.75) is 44.3 Å². The van der Waals surface area contributed by atoms with Gasteiger partial charge in [0.2, 0.25) is 5.88 Å². The van der Waals surface area contributed by atoms with Crippen LogP contribution >= 0.6 is 0 Å². The Labute approximate surface area is 265 Å². The molecule has 0 radical (unpaired) electrons. The minimum absolute atomic E-state index is 0.0295. The molecule has 1 saturated carbocycles. The minimum atomic E-state index is -0.838. The zero-order chi connectivity index (χ0) is 32.5. The molecule has 3 aliphatic rings. The summed E-state index contributed by atoms with van der Waals surface area (Å²) in [4.78, 5) is 15.3. The van der Waals surface area contributed by atoms with Gasteiger partial charge in [-0.2, -0.15) is 9.97 Å². The van der Waals surface area contributed by atoms with Crippen LogP contribution in [0, 0.1) is 48.2 Å². The Kier molecular flexibility index (Phi) is 8.79. The number of ether oxygens (including phenoxy) is 2. The quantitative estimate of drug-likeness (QED) is 0.248. The first-order valence-corrected chi connectivity index (χ1v) is 15.2. The lowest BCUT2D eigenvalue weighted by Crippen LogP contribution is -2.28. The van der Waals surface area contributed by atoms with Crippen molar-refractivity contribution >= 4 is 27.5 Å². The number of terminal acetylenes is 2.